The molecule has 24 heavy (non-hydrogen) atoms. The first-order chi connectivity index (χ1) is 11.7. The molecule has 0 aliphatic carbocycles. The number of imidazole rings is 1. The minimum atomic E-state index is -0.250. The number of carbonyl (C=O) groups is 1. The molecule has 128 valence electrons. The second-order valence-corrected chi connectivity index (χ2v) is 5.20. The van der Waals surface area contributed by atoms with E-state index in [2.05, 4.69) is 25.6 Å². The molecule has 0 bridgehead atoms. The Kier molecular flexibility index (Phi) is 6.48. The minimum Gasteiger partial charge on any atom is -0.483 e. The zero-order chi connectivity index (χ0) is 17.4. The van der Waals surface area contributed by atoms with Crippen LogP contribution < -0.4 is 0 Å². The van der Waals surface area contributed by atoms with Crippen molar-refractivity contribution in [1.29, 1.82) is 5.26 Å². The van der Waals surface area contributed by atoms with Gasteiger partial charge in [0.05, 0.1) is 25.4 Å². The van der Waals surface area contributed by atoms with Crippen LogP contribution in [-0.4, -0.2) is 56.1 Å². The number of methoxy groups -OCH3 is 1. The van der Waals surface area contributed by atoms with Gasteiger partial charge in [0.25, 0.3) is 6.47 Å². The Labute approximate surface area is 139 Å². The monoisotopic (exact) mass is 332 g/mol. The first-order valence-electron chi connectivity index (χ1n) is 7.47. The van der Waals surface area contributed by atoms with Crippen LogP contribution in [-0.2, 0) is 35.7 Å². The Hall–Kier alpha value is -2.70. The summed E-state index contributed by atoms with van der Waals surface area (Å²) in [6.45, 7) is 4.57. The topological polar surface area (TPSA) is 109 Å². The molecule has 9 nitrogen and oxygen atoms in total. The highest BCUT2D eigenvalue weighted by Crippen LogP contribution is 2.15. The normalized spacial score (nSPS) is 13.5. The number of ether oxygens (including phenoxy) is 1. The molecular formula is C15H20N6O3. The van der Waals surface area contributed by atoms with Gasteiger partial charge in [-0.3, -0.25) is 14.4 Å². The summed E-state index contributed by atoms with van der Waals surface area (Å²) in [4.78, 5) is 15.1. The van der Waals surface area contributed by atoms with Crippen molar-refractivity contribution < 1.29 is 14.6 Å². The molecule has 0 aromatic carbocycles. The molecule has 0 atom stereocenters. The lowest BCUT2D eigenvalue weighted by Crippen LogP contribution is -2.34. The largest absolute Gasteiger partial charge is 0.483 e. The number of nitriles is 1. The minimum absolute atomic E-state index is 0.250. The first kappa shape index (κ1) is 17.7. The first-order valence-corrected chi connectivity index (χ1v) is 7.47. The summed E-state index contributed by atoms with van der Waals surface area (Å²) in [5.74, 6) is 1.04. The molecular weight excluding hydrogens is 312 g/mol. The molecule has 1 aliphatic rings. The Balaban J connectivity index is 0.000000647. The lowest BCUT2D eigenvalue weighted by atomic mass is 10.3. The maximum absolute atomic E-state index is 8.91. The van der Waals surface area contributed by atoms with Crippen LogP contribution in [0.5, 0.6) is 0 Å². The molecule has 3 heterocycles. The van der Waals surface area contributed by atoms with Crippen molar-refractivity contribution >= 4 is 6.47 Å². The van der Waals surface area contributed by atoms with E-state index in [0.29, 0.717) is 12.3 Å². The van der Waals surface area contributed by atoms with Crippen LogP contribution in [0, 0.1) is 11.3 Å². The number of aromatic nitrogens is 4. The van der Waals surface area contributed by atoms with Crippen molar-refractivity contribution in [2.24, 2.45) is 0 Å². The van der Waals surface area contributed by atoms with E-state index < -0.39 is 0 Å². The summed E-state index contributed by atoms with van der Waals surface area (Å²) >= 11 is 0. The summed E-state index contributed by atoms with van der Waals surface area (Å²) in [5.41, 5.74) is 1.58. The molecule has 1 aliphatic heterocycles. The van der Waals surface area contributed by atoms with E-state index in [9.17, 15) is 0 Å². The molecule has 0 radical (unpaired) electrons. The van der Waals surface area contributed by atoms with Crippen LogP contribution in [0.25, 0.3) is 0 Å². The van der Waals surface area contributed by atoms with E-state index >= 15 is 0 Å². The van der Waals surface area contributed by atoms with Crippen molar-refractivity contribution in [3.8, 4) is 6.07 Å². The van der Waals surface area contributed by atoms with Gasteiger partial charge in [-0.1, -0.05) is 0 Å². The number of hydrogen-bond acceptors (Lipinski definition) is 6. The number of carboxylic acid groups (broad SMARTS) is 1. The van der Waals surface area contributed by atoms with E-state index in [-0.39, 0.29) is 6.47 Å². The van der Waals surface area contributed by atoms with Crippen molar-refractivity contribution in [2.45, 2.75) is 26.2 Å². The number of nitrogens with zero attached hydrogens (tertiary/aromatic N) is 6. The third-order valence-corrected chi connectivity index (χ3v) is 3.69. The fourth-order valence-corrected chi connectivity index (χ4v) is 2.60. The molecule has 2 aromatic rings. The molecule has 0 spiro atoms. The summed E-state index contributed by atoms with van der Waals surface area (Å²) in [5, 5.41) is 20.1. The second kappa shape index (κ2) is 8.81. The average Bonchev–Trinajstić information content (AvgIpc) is 3.19. The van der Waals surface area contributed by atoms with Gasteiger partial charge in [0.15, 0.2) is 5.69 Å². The van der Waals surface area contributed by atoms with E-state index in [1.165, 1.54) is 0 Å². The quantitative estimate of drug-likeness (QED) is 0.785. The molecule has 9 heteroatoms. The Morgan fingerprint density at radius 1 is 1.50 bits per heavy atom. The maximum atomic E-state index is 8.91. The molecule has 0 fully saturated rings. The van der Waals surface area contributed by atoms with Crippen LogP contribution in [0.2, 0.25) is 0 Å². The third kappa shape index (κ3) is 4.41. The van der Waals surface area contributed by atoms with Gasteiger partial charge in [0, 0.05) is 39.1 Å². The van der Waals surface area contributed by atoms with Crippen LogP contribution in [0.3, 0.4) is 0 Å². The lowest BCUT2D eigenvalue weighted by Gasteiger charge is -2.27. The predicted molar refractivity (Wildman–Crippen MR) is 83.9 cm³/mol. The van der Waals surface area contributed by atoms with Crippen LogP contribution >= 0.6 is 0 Å². The fraction of sp³-hybridized carbons (Fsp3) is 0.467. The zero-order valence-corrected chi connectivity index (χ0v) is 13.5. The van der Waals surface area contributed by atoms with E-state index in [0.717, 1.165) is 44.2 Å². The van der Waals surface area contributed by atoms with Crippen molar-refractivity contribution in [2.75, 3.05) is 20.3 Å². The highest BCUT2D eigenvalue weighted by atomic mass is 16.5. The fourth-order valence-electron chi connectivity index (χ4n) is 2.60. The van der Waals surface area contributed by atoms with Crippen molar-refractivity contribution in [1.82, 2.24) is 24.2 Å². The summed E-state index contributed by atoms with van der Waals surface area (Å²) in [6, 6.07) is 3.96. The summed E-state index contributed by atoms with van der Waals surface area (Å²) in [7, 11) is 1.70. The molecule has 2 aromatic heterocycles. The van der Waals surface area contributed by atoms with Gasteiger partial charge in [-0.05, 0) is 6.07 Å². The van der Waals surface area contributed by atoms with Gasteiger partial charge in [-0.25, -0.2) is 4.98 Å². The maximum Gasteiger partial charge on any atom is 0.290 e. The van der Waals surface area contributed by atoms with Crippen molar-refractivity contribution in [3.05, 3.63) is 35.7 Å². The Morgan fingerprint density at radius 3 is 3.00 bits per heavy atom. The van der Waals surface area contributed by atoms with E-state index in [1.54, 1.807) is 7.11 Å². The Morgan fingerprint density at radius 2 is 2.29 bits per heavy atom. The predicted octanol–water partition coefficient (Wildman–Crippen LogP) is 0.314. The highest BCUT2D eigenvalue weighted by Gasteiger charge is 2.19. The SMILES string of the molecule is COCCn1ccnc1CN1CCn2nc(C#N)cc2C1.O=CO. The summed E-state index contributed by atoms with van der Waals surface area (Å²) < 4.78 is 9.16. The number of fused-ring (bicyclic) bond motifs is 1. The van der Waals surface area contributed by atoms with Gasteiger partial charge >= 0.3 is 0 Å². The standard InChI is InChI=1S/C14H18N6O.CH2O2/c1-21-7-6-19-3-2-16-14(19)11-18-4-5-20-13(10-18)8-12(9-15)17-20;2-1-3/h2-3,8H,4-7,10-11H2,1H3;1H,(H,2,3). The molecule has 1 N–H and O–H groups in total. The third-order valence-electron chi connectivity index (χ3n) is 3.69. The van der Waals surface area contributed by atoms with E-state index in [4.69, 9.17) is 19.9 Å². The van der Waals surface area contributed by atoms with Crippen LogP contribution in [0.1, 0.15) is 17.2 Å². The summed E-state index contributed by atoms with van der Waals surface area (Å²) in [6.07, 6.45) is 3.81. The van der Waals surface area contributed by atoms with Gasteiger partial charge < -0.3 is 14.4 Å². The molecule has 0 unspecified atom stereocenters. The van der Waals surface area contributed by atoms with Gasteiger partial charge in [0.2, 0.25) is 0 Å². The second-order valence-electron chi connectivity index (χ2n) is 5.20. The smallest absolute Gasteiger partial charge is 0.290 e. The number of rotatable bonds is 5. The molecule has 0 saturated carbocycles. The zero-order valence-electron chi connectivity index (χ0n) is 13.5. The van der Waals surface area contributed by atoms with Gasteiger partial charge in [-0.15, -0.1) is 0 Å². The molecule has 3 rings (SSSR count). The number of hydrogen-bond donors (Lipinski definition) is 1. The van der Waals surface area contributed by atoms with Gasteiger partial charge in [-0.2, -0.15) is 10.4 Å². The lowest BCUT2D eigenvalue weighted by molar-refractivity contribution is -0.122. The average molecular weight is 332 g/mol. The van der Waals surface area contributed by atoms with E-state index in [1.807, 2.05) is 23.1 Å². The Bertz CT molecular complexity index is 702. The van der Waals surface area contributed by atoms with Crippen LogP contribution in [0.15, 0.2) is 18.5 Å². The molecule has 0 amide bonds. The molecule has 0 saturated heterocycles. The highest BCUT2D eigenvalue weighted by molar-refractivity contribution is 5.32. The van der Waals surface area contributed by atoms with Crippen LogP contribution in [0.4, 0.5) is 0 Å². The van der Waals surface area contributed by atoms with Gasteiger partial charge in [0.1, 0.15) is 11.9 Å². The van der Waals surface area contributed by atoms with Crippen molar-refractivity contribution in [3.63, 3.8) is 0 Å².